The molecule has 13 heavy (non-hydrogen) atoms. The minimum atomic E-state index is 0. The number of aryl methyl sites for hydroxylation is 1. The monoisotopic (exact) mass is 202 g/mol. The molecule has 0 amide bonds. The molecule has 0 saturated heterocycles. The molecule has 0 saturated carbocycles. The van der Waals surface area contributed by atoms with E-state index in [2.05, 4.69) is 29.1 Å². The van der Waals surface area contributed by atoms with E-state index in [1.54, 1.807) is 0 Å². The molecule has 0 aliphatic heterocycles. The highest BCUT2D eigenvalue weighted by molar-refractivity contribution is 5.85. The van der Waals surface area contributed by atoms with Crippen molar-refractivity contribution in [2.24, 2.45) is 5.73 Å². The Bertz CT molecular complexity index is 263. The van der Waals surface area contributed by atoms with Gasteiger partial charge >= 0.3 is 0 Å². The van der Waals surface area contributed by atoms with Gasteiger partial charge in [0.25, 0.3) is 0 Å². The van der Waals surface area contributed by atoms with Gasteiger partial charge in [0.05, 0.1) is 6.54 Å². The van der Waals surface area contributed by atoms with Crippen molar-refractivity contribution in [3.63, 3.8) is 0 Å². The molecule has 0 unspecified atom stereocenters. The minimum absolute atomic E-state index is 0. The van der Waals surface area contributed by atoms with Crippen LogP contribution in [0.15, 0.2) is 18.5 Å². The summed E-state index contributed by atoms with van der Waals surface area (Å²) >= 11 is 0. The summed E-state index contributed by atoms with van der Waals surface area (Å²) in [6, 6.07) is 2.06. The SMILES string of the molecule is CNc1cc[n+](CCN)cc1C.Cl. The quantitative estimate of drug-likeness (QED) is 0.709. The maximum Gasteiger partial charge on any atom is 0.173 e. The molecule has 0 radical (unpaired) electrons. The smallest absolute Gasteiger partial charge is 0.173 e. The van der Waals surface area contributed by atoms with Crippen LogP contribution in [-0.2, 0) is 6.54 Å². The number of pyridine rings is 1. The molecule has 4 heteroatoms. The zero-order valence-electron chi connectivity index (χ0n) is 8.08. The second-order valence-electron chi connectivity index (χ2n) is 2.82. The van der Waals surface area contributed by atoms with Crippen molar-refractivity contribution in [1.29, 1.82) is 0 Å². The van der Waals surface area contributed by atoms with E-state index in [0.717, 1.165) is 6.54 Å². The number of hydrogen-bond donors (Lipinski definition) is 2. The Labute approximate surface area is 85.4 Å². The number of anilines is 1. The second kappa shape index (κ2) is 5.78. The summed E-state index contributed by atoms with van der Waals surface area (Å²) < 4.78 is 2.09. The average Bonchev–Trinajstić information content (AvgIpc) is 2.05. The third kappa shape index (κ3) is 3.20. The Balaban J connectivity index is 0.00000144. The van der Waals surface area contributed by atoms with Crippen LogP contribution >= 0.6 is 12.4 Å². The molecule has 1 rings (SSSR count). The van der Waals surface area contributed by atoms with E-state index in [1.165, 1.54) is 11.3 Å². The van der Waals surface area contributed by atoms with Crippen LogP contribution < -0.4 is 15.6 Å². The zero-order valence-corrected chi connectivity index (χ0v) is 8.90. The second-order valence-corrected chi connectivity index (χ2v) is 2.82. The van der Waals surface area contributed by atoms with Crippen LogP contribution in [-0.4, -0.2) is 13.6 Å². The van der Waals surface area contributed by atoms with Gasteiger partial charge in [-0.1, -0.05) is 0 Å². The summed E-state index contributed by atoms with van der Waals surface area (Å²) in [5, 5.41) is 3.12. The Morgan fingerprint density at radius 2 is 2.23 bits per heavy atom. The van der Waals surface area contributed by atoms with Gasteiger partial charge in [-0.3, -0.25) is 0 Å². The van der Waals surface area contributed by atoms with E-state index in [-0.39, 0.29) is 12.4 Å². The Hall–Kier alpha value is -0.800. The third-order valence-corrected chi connectivity index (χ3v) is 1.87. The summed E-state index contributed by atoms with van der Waals surface area (Å²) in [5.41, 5.74) is 7.86. The van der Waals surface area contributed by atoms with Crippen molar-refractivity contribution in [3.05, 3.63) is 24.0 Å². The lowest BCUT2D eigenvalue weighted by Crippen LogP contribution is -2.37. The topological polar surface area (TPSA) is 41.9 Å². The van der Waals surface area contributed by atoms with Gasteiger partial charge in [-0.25, -0.2) is 4.57 Å². The highest BCUT2D eigenvalue weighted by atomic mass is 35.5. The molecule has 0 bridgehead atoms. The van der Waals surface area contributed by atoms with Gasteiger partial charge in [-0.05, 0) is 6.92 Å². The highest BCUT2D eigenvalue weighted by Gasteiger charge is 2.02. The maximum atomic E-state index is 5.44. The fourth-order valence-electron chi connectivity index (χ4n) is 1.23. The summed E-state index contributed by atoms with van der Waals surface area (Å²) in [7, 11) is 1.93. The lowest BCUT2D eigenvalue weighted by atomic mass is 10.2. The molecule has 0 aromatic carbocycles. The van der Waals surface area contributed by atoms with E-state index in [0.29, 0.717) is 6.54 Å². The van der Waals surface area contributed by atoms with Crippen LogP contribution in [0.25, 0.3) is 0 Å². The first kappa shape index (κ1) is 12.2. The number of nitrogens with zero attached hydrogens (tertiary/aromatic N) is 1. The molecular formula is C9H17ClN3+. The van der Waals surface area contributed by atoms with Crippen molar-refractivity contribution in [3.8, 4) is 0 Å². The van der Waals surface area contributed by atoms with Crippen LogP contribution in [0, 0.1) is 6.92 Å². The Morgan fingerprint density at radius 1 is 1.54 bits per heavy atom. The first-order chi connectivity index (χ1) is 5.77. The van der Waals surface area contributed by atoms with Crippen LogP contribution in [0.5, 0.6) is 0 Å². The summed E-state index contributed by atoms with van der Waals surface area (Å²) in [6.07, 6.45) is 4.13. The standard InChI is InChI=1S/C9H15N3.ClH/c1-8-7-12(6-4-10)5-3-9(8)11-2;/h3,5,7H,4,6,10H2,1-2H3;1H/p+1. The first-order valence-corrected chi connectivity index (χ1v) is 4.15. The molecule has 1 aromatic heterocycles. The average molecular weight is 203 g/mol. The lowest BCUT2D eigenvalue weighted by Gasteiger charge is -2.02. The third-order valence-electron chi connectivity index (χ3n) is 1.87. The van der Waals surface area contributed by atoms with Crippen molar-refractivity contribution in [2.45, 2.75) is 13.5 Å². The van der Waals surface area contributed by atoms with Gasteiger partial charge in [-0.15, -0.1) is 12.4 Å². The molecular weight excluding hydrogens is 186 g/mol. The summed E-state index contributed by atoms with van der Waals surface area (Å²) in [5.74, 6) is 0. The molecule has 74 valence electrons. The van der Waals surface area contributed by atoms with Gasteiger partial charge in [0, 0.05) is 24.4 Å². The molecule has 0 aliphatic carbocycles. The van der Waals surface area contributed by atoms with Gasteiger partial charge in [0.2, 0.25) is 0 Å². The van der Waals surface area contributed by atoms with E-state index in [4.69, 9.17) is 5.73 Å². The number of halogens is 1. The Kier molecular flexibility index (Phi) is 5.42. The maximum absolute atomic E-state index is 5.44. The number of aromatic nitrogens is 1. The molecule has 1 aromatic rings. The number of nitrogens with one attached hydrogen (secondary N) is 1. The first-order valence-electron chi connectivity index (χ1n) is 4.15. The fourth-order valence-corrected chi connectivity index (χ4v) is 1.23. The minimum Gasteiger partial charge on any atom is -0.388 e. The van der Waals surface area contributed by atoms with Crippen molar-refractivity contribution in [1.82, 2.24) is 0 Å². The molecule has 3 N–H and O–H groups in total. The van der Waals surface area contributed by atoms with Crippen LogP contribution in [0.2, 0.25) is 0 Å². The van der Waals surface area contributed by atoms with E-state index in [1.807, 2.05) is 13.2 Å². The highest BCUT2D eigenvalue weighted by Crippen LogP contribution is 2.08. The summed E-state index contributed by atoms with van der Waals surface area (Å²) in [4.78, 5) is 0. The van der Waals surface area contributed by atoms with Gasteiger partial charge in [0.15, 0.2) is 18.9 Å². The molecule has 0 aliphatic rings. The van der Waals surface area contributed by atoms with Gasteiger partial charge in [0.1, 0.15) is 0 Å². The van der Waals surface area contributed by atoms with Crippen LogP contribution in [0.4, 0.5) is 5.69 Å². The lowest BCUT2D eigenvalue weighted by molar-refractivity contribution is -0.694. The fraction of sp³-hybridized carbons (Fsp3) is 0.444. The van der Waals surface area contributed by atoms with Crippen LogP contribution in [0.1, 0.15) is 5.56 Å². The van der Waals surface area contributed by atoms with Crippen LogP contribution in [0.3, 0.4) is 0 Å². The van der Waals surface area contributed by atoms with Crippen molar-refractivity contribution >= 4 is 18.1 Å². The molecule has 0 fully saturated rings. The normalized spacial score (nSPS) is 9.15. The van der Waals surface area contributed by atoms with Gasteiger partial charge in [-0.2, -0.15) is 0 Å². The van der Waals surface area contributed by atoms with Gasteiger partial charge < -0.3 is 11.1 Å². The van der Waals surface area contributed by atoms with E-state index < -0.39 is 0 Å². The number of hydrogen-bond acceptors (Lipinski definition) is 2. The van der Waals surface area contributed by atoms with Crippen molar-refractivity contribution < 1.29 is 4.57 Å². The predicted octanol–water partition coefficient (Wildman–Crippen LogP) is 0.705. The largest absolute Gasteiger partial charge is 0.388 e. The van der Waals surface area contributed by atoms with E-state index >= 15 is 0 Å². The molecule has 3 nitrogen and oxygen atoms in total. The molecule has 0 spiro atoms. The zero-order chi connectivity index (χ0) is 8.97. The Morgan fingerprint density at radius 3 is 2.69 bits per heavy atom. The van der Waals surface area contributed by atoms with E-state index in [9.17, 15) is 0 Å². The number of rotatable bonds is 3. The molecule has 1 heterocycles. The summed E-state index contributed by atoms with van der Waals surface area (Å²) in [6.45, 7) is 3.65. The van der Waals surface area contributed by atoms with Crippen molar-refractivity contribution in [2.75, 3.05) is 18.9 Å². The predicted molar refractivity (Wildman–Crippen MR) is 57.2 cm³/mol. The number of nitrogens with two attached hydrogens (primary N) is 1. The molecule has 0 atom stereocenters.